The lowest BCUT2D eigenvalue weighted by Crippen LogP contribution is -2.40. The van der Waals surface area contributed by atoms with Crippen molar-refractivity contribution in [1.29, 1.82) is 0 Å². The van der Waals surface area contributed by atoms with Crippen molar-refractivity contribution in [1.82, 2.24) is 0 Å². The fourth-order valence-corrected chi connectivity index (χ4v) is 2.38. The highest BCUT2D eigenvalue weighted by molar-refractivity contribution is 5.87. The smallest absolute Gasteiger partial charge is 0.347 e. The molecule has 0 amide bonds. The number of carbonyl (C=O) groups excluding carboxylic acids is 3. The number of esters is 3. The van der Waals surface area contributed by atoms with Crippen LogP contribution in [0.3, 0.4) is 0 Å². The van der Waals surface area contributed by atoms with E-state index in [-0.39, 0.29) is 13.0 Å². The largest absolute Gasteiger partial charge is 0.463 e. The molecule has 1 aliphatic heterocycles. The van der Waals surface area contributed by atoms with Crippen LogP contribution in [0.5, 0.6) is 0 Å². The standard InChI is InChI=1S/C16H24O6/c1-10(2)12(17)22-16(5,6)9-15(3,4)14(19)21-11-7-8-20-13(11)18/h11H,1,7-9H2,2-6H3. The zero-order chi connectivity index (χ0) is 17.1. The van der Waals surface area contributed by atoms with E-state index in [1.165, 1.54) is 0 Å². The minimum absolute atomic E-state index is 0.250. The molecule has 1 unspecified atom stereocenters. The quantitative estimate of drug-likeness (QED) is 0.425. The Morgan fingerprint density at radius 2 is 1.91 bits per heavy atom. The number of cyclic esters (lactones) is 1. The van der Waals surface area contributed by atoms with Gasteiger partial charge < -0.3 is 14.2 Å². The third-order valence-electron chi connectivity index (χ3n) is 3.27. The van der Waals surface area contributed by atoms with Crippen LogP contribution < -0.4 is 0 Å². The van der Waals surface area contributed by atoms with Gasteiger partial charge in [-0.2, -0.15) is 0 Å². The van der Waals surface area contributed by atoms with E-state index in [4.69, 9.17) is 14.2 Å². The number of rotatable bonds is 6. The van der Waals surface area contributed by atoms with Gasteiger partial charge >= 0.3 is 17.9 Å². The molecule has 1 saturated heterocycles. The summed E-state index contributed by atoms with van der Waals surface area (Å²) < 4.78 is 15.3. The highest BCUT2D eigenvalue weighted by Crippen LogP contribution is 2.33. The van der Waals surface area contributed by atoms with E-state index in [2.05, 4.69) is 6.58 Å². The molecule has 6 nitrogen and oxygen atoms in total. The van der Waals surface area contributed by atoms with E-state index in [0.29, 0.717) is 12.0 Å². The fraction of sp³-hybridized carbons (Fsp3) is 0.688. The second kappa shape index (κ2) is 6.50. The summed E-state index contributed by atoms with van der Waals surface area (Å²) in [6, 6.07) is 0. The molecule has 1 heterocycles. The molecule has 6 heteroatoms. The van der Waals surface area contributed by atoms with Crippen LogP contribution in [0.2, 0.25) is 0 Å². The van der Waals surface area contributed by atoms with Crippen molar-refractivity contribution >= 4 is 17.9 Å². The second-order valence-electron chi connectivity index (χ2n) is 6.84. The summed E-state index contributed by atoms with van der Waals surface area (Å²) in [6.45, 7) is 12.2. The molecule has 1 rings (SSSR count). The lowest BCUT2D eigenvalue weighted by Gasteiger charge is -2.33. The van der Waals surface area contributed by atoms with Gasteiger partial charge in [-0.3, -0.25) is 4.79 Å². The van der Waals surface area contributed by atoms with E-state index in [1.54, 1.807) is 34.6 Å². The Kier molecular flexibility index (Phi) is 5.38. The van der Waals surface area contributed by atoms with Gasteiger partial charge in [0.25, 0.3) is 0 Å². The maximum atomic E-state index is 12.3. The SMILES string of the molecule is C=C(C)C(=O)OC(C)(C)CC(C)(C)C(=O)OC1CCOC1=O. The maximum absolute atomic E-state index is 12.3. The van der Waals surface area contributed by atoms with E-state index in [0.717, 1.165) is 0 Å². The van der Waals surface area contributed by atoms with Crippen LogP contribution in [-0.2, 0) is 28.6 Å². The van der Waals surface area contributed by atoms with E-state index < -0.39 is 35.0 Å². The Hall–Kier alpha value is -1.85. The Morgan fingerprint density at radius 3 is 2.36 bits per heavy atom. The van der Waals surface area contributed by atoms with Crippen molar-refractivity contribution in [3.8, 4) is 0 Å². The Labute approximate surface area is 130 Å². The van der Waals surface area contributed by atoms with Gasteiger partial charge in [-0.1, -0.05) is 6.58 Å². The molecule has 22 heavy (non-hydrogen) atoms. The normalized spacial score (nSPS) is 18.6. The first-order chi connectivity index (χ1) is 9.94. The Bertz CT molecular complexity index is 489. The molecule has 1 atom stereocenters. The average Bonchev–Trinajstić information content (AvgIpc) is 2.72. The predicted molar refractivity (Wildman–Crippen MR) is 78.8 cm³/mol. The Morgan fingerprint density at radius 1 is 1.32 bits per heavy atom. The van der Waals surface area contributed by atoms with Crippen LogP contribution in [0.1, 0.15) is 47.5 Å². The van der Waals surface area contributed by atoms with E-state index in [9.17, 15) is 14.4 Å². The highest BCUT2D eigenvalue weighted by Gasteiger charge is 2.41. The van der Waals surface area contributed by atoms with Crippen LogP contribution in [0.4, 0.5) is 0 Å². The molecule has 0 saturated carbocycles. The summed E-state index contributed by atoms with van der Waals surface area (Å²) in [4.78, 5) is 35.3. The zero-order valence-corrected chi connectivity index (χ0v) is 13.9. The highest BCUT2D eigenvalue weighted by atomic mass is 16.6. The van der Waals surface area contributed by atoms with E-state index >= 15 is 0 Å². The number of carbonyl (C=O) groups is 3. The van der Waals surface area contributed by atoms with Crippen LogP contribution >= 0.6 is 0 Å². The third-order valence-corrected chi connectivity index (χ3v) is 3.27. The van der Waals surface area contributed by atoms with Crippen LogP contribution in [0.15, 0.2) is 12.2 Å². The lowest BCUT2D eigenvalue weighted by atomic mass is 9.81. The summed E-state index contributed by atoms with van der Waals surface area (Å²) in [6.07, 6.45) is -0.221. The summed E-state index contributed by atoms with van der Waals surface area (Å²) in [5.74, 6) is -1.54. The van der Waals surface area contributed by atoms with Crippen molar-refractivity contribution in [2.45, 2.75) is 59.2 Å². The molecule has 0 aromatic carbocycles. The van der Waals surface area contributed by atoms with Gasteiger partial charge in [-0.05, 0) is 34.6 Å². The van der Waals surface area contributed by atoms with E-state index in [1.807, 2.05) is 0 Å². The molecule has 0 bridgehead atoms. The molecule has 0 radical (unpaired) electrons. The number of hydrogen-bond acceptors (Lipinski definition) is 6. The molecule has 1 fully saturated rings. The molecule has 0 aromatic heterocycles. The molecular weight excluding hydrogens is 288 g/mol. The molecule has 0 spiro atoms. The van der Waals surface area contributed by atoms with Gasteiger partial charge in [0.05, 0.1) is 12.0 Å². The lowest BCUT2D eigenvalue weighted by molar-refractivity contribution is -0.172. The molecular formula is C16H24O6. The minimum Gasteiger partial charge on any atom is -0.463 e. The molecule has 0 aliphatic carbocycles. The summed E-state index contributed by atoms with van der Waals surface area (Å²) in [5.41, 5.74) is -1.49. The van der Waals surface area contributed by atoms with Crippen molar-refractivity contribution in [2.75, 3.05) is 6.61 Å². The van der Waals surface area contributed by atoms with Crippen molar-refractivity contribution in [3.63, 3.8) is 0 Å². The fourth-order valence-electron chi connectivity index (χ4n) is 2.38. The van der Waals surface area contributed by atoms with Gasteiger partial charge in [0.15, 0.2) is 0 Å². The first-order valence-corrected chi connectivity index (χ1v) is 7.21. The molecule has 0 aromatic rings. The molecule has 124 valence electrons. The number of ether oxygens (including phenoxy) is 3. The maximum Gasteiger partial charge on any atom is 0.347 e. The predicted octanol–water partition coefficient (Wildman–Crippen LogP) is 2.16. The van der Waals surface area contributed by atoms with Gasteiger partial charge in [-0.25, -0.2) is 9.59 Å². The zero-order valence-electron chi connectivity index (χ0n) is 13.9. The summed E-state index contributed by atoms with van der Waals surface area (Å²) >= 11 is 0. The van der Waals surface area contributed by atoms with Crippen molar-refractivity contribution < 1.29 is 28.6 Å². The molecule has 1 aliphatic rings. The molecule has 0 N–H and O–H groups in total. The number of hydrogen-bond donors (Lipinski definition) is 0. The van der Waals surface area contributed by atoms with Crippen LogP contribution in [0.25, 0.3) is 0 Å². The Balaban J connectivity index is 2.67. The second-order valence-corrected chi connectivity index (χ2v) is 6.84. The average molecular weight is 312 g/mol. The topological polar surface area (TPSA) is 78.9 Å². The van der Waals surface area contributed by atoms with Crippen molar-refractivity contribution in [3.05, 3.63) is 12.2 Å². The van der Waals surface area contributed by atoms with Gasteiger partial charge in [0.2, 0.25) is 6.10 Å². The summed E-state index contributed by atoms with van der Waals surface area (Å²) in [7, 11) is 0. The summed E-state index contributed by atoms with van der Waals surface area (Å²) in [5, 5.41) is 0. The minimum atomic E-state index is -0.915. The van der Waals surface area contributed by atoms with Crippen LogP contribution in [-0.4, -0.2) is 36.2 Å². The third kappa shape index (κ3) is 4.86. The van der Waals surface area contributed by atoms with Crippen molar-refractivity contribution in [2.24, 2.45) is 5.41 Å². The first-order valence-electron chi connectivity index (χ1n) is 7.21. The van der Waals surface area contributed by atoms with Gasteiger partial charge in [0, 0.05) is 18.4 Å². The monoisotopic (exact) mass is 312 g/mol. The van der Waals surface area contributed by atoms with Crippen LogP contribution in [0, 0.1) is 5.41 Å². The first kappa shape index (κ1) is 18.2. The van der Waals surface area contributed by atoms with Gasteiger partial charge in [-0.15, -0.1) is 0 Å². The van der Waals surface area contributed by atoms with Gasteiger partial charge in [0.1, 0.15) is 5.60 Å².